The van der Waals surface area contributed by atoms with E-state index in [4.69, 9.17) is 4.74 Å². The van der Waals surface area contributed by atoms with Crippen molar-refractivity contribution in [1.29, 1.82) is 0 Å². The Kier molecular flexibility index (Phi) is 5.83. The summed E-state index contributed by atoms with van der Waals surface area (Å²) in [5, 5.41) is 6.01. The van der Waals surface area contributed by atoms with Gasteiger partial charge in [0.15, 0.2) is 5.82 Å². The lowest BCUT2D eigenvalue weighted by Gasteiger charge is -2.18. The van der Waals surface area contributed by atoms with Crippen LogP contribution < -0.4 is 15.4 Å². The Labute approximate surface area is 170 Å². The van der Waals surface area contributed by atoms with E-state index in [0.717, 1.165) is 50.6 Å². The normalized spacial score (nSPS) is 16.3. The van der Waals surface area contributed by atoms with Crippen LogP contribution in [-0.2, 0) is 13.0 Å². The summed E-state index contributed by atoms with van der Waals surface area (Å²) in [4.78, 5) is 30.4. The smallest absolute Gasteiger partial charge is 0.291 e. The molecule has 2 aromatic rings. The van der Waals surface area contributed by atoms with Crippen LogP contribution in [0.15, 0.2) is 24.3 Å². The Morgan fingerprint density at radius 1 is 1.14 bits per heavy atom. The third-order valence-corrected chi connectivity index (χ3v) is 5.66. The average molecular weight is 396 g/mol. The number of carbonyl (C=O) groups is 2. The van der Waals surface area contributed by atoms with Crippen molar-refractivity contribution in [2.24, 2.45) is 0 Å². The lowest BCUT2D eigenvalue weighted by Crippen LogP contribution is -2.33. The van der Waals surface area contributed by atoms with Crippen LogP contribution in [0.3, 0.4) is 0 Å². The average Bonchev–Trinajstić information content (AvgIpc) is 3.37. The van der Waals surface area contributed by atoms with E-state index in [1.165, 1.54) is 0 Å². The van der Waals surface area contributed by atoms with Gasteiger partial charge in [-0.1, -0.05) is 25.0 Å². The standard InChI is InChI=1S/C22H28N4O3/c1-2-29-18-13-6-5-11-16(18)24-22(28)20-25-19(17-12-7-8-14-26(17)20)21(27)23-15-9-3-4-10-15/h5-6,11,13,15H,2-4,7-10,12,14H2,1H3,(H,23,27)(H,24,28). The maximum Gasteiger partial charge on any atom is 0.291 e. The van der Waals surface area contributed by atoms with E-state index in [0.29, 0.717) is 36.1 Å². The third-order valence-electron chi connectivity index (χ3n) is 5.66. The Bertz CT molecular complexity index is 899. The second kappa shape index (κ2) is 8.68. The number of hydrogen-bond donors (Lipinski definition) is 2. The van der Waals surface area contributed by atoms with Crippen molar-refractivity contribution < 1.29 is 14.3 Å². The number of imidazole rings is 1. The fourth-order valence-electron chi connectivity index (χ4n) is 4.25. The molecule has 7 heteroatoms. The molecule has 1 fully saturated rings. The number of aromatic nitrogens is 2. The number of fused-ring (bicyclic) bond motifs is 1. The molecular weight excluding hydrogens is 368 g/mol. The zero-order chi connectivity index (χ0) is 20.2. The van der Waals surface area contributed by atoms with Gasteiger partial charge < -0.3 is 19.9 Å². The van der Waals surface area contributed by atoms with Gasteiger partial charge in [0, 0.05) is 12.6 Å². The first-order chi connectivity index (χ1) is 14.2. The van der Waals surface area contributed by atoms with Gasteiger partial charge in [-0.25, -0.2) is 4.98 Å². The molecule has 0 saturated heterocycles. The van der Waals surface area contributed by atoms with Gasteiger partial charge >= 0.3 is 0 Å². The molecule has 4 rings (SSSR count). The van der Waals surface area contributed by atoms with Gasteiger partial charge in [0.25, 0.3) is 11.8 Å². The highest BCUT2D eigenvalue weighted by Crippen LogP contribution is 2.26. The van der Waals surface area contributed by atoms with Gasteiger partial charge in [-0.15, -0.1) is 0 Å². The first-order valence-electron chi connectivity index (χ1n) is 10.6. The highest BCUT2D eigenvalue weighted by atomic mass is 16.5. The molecule has 7 nitrogen and oxygen atoms in total. The number of nitrogens with one attached hydrogen (secondary N) is 2. The SMILES string of the molecule is CCOc1ccccc1NC(=O)c1nc(C(=O)NC2CCCC2)c2n1CCCC2. The summed E-state index contributed by atoms with van der Waals surface area (Å²) < 4.78 is 7.51. The predicted octanol–water partition coefficient (Wildman–Crippen LogP) is 3.54. The largest absolute Gasteiger partial charge is 0.492 e. The zero-order valence-corrected chi connectivity index (χ0v) is 16.9. The first-order valence-corrected chi connectivity index (χ1v) is 10.6. The topological polar surface area (TPSA) is 85.2 Å². The fourth-order valence-corrected chi connectivity index (χ4v) is 4.25. The van der Waals surface area contributed by atoms with Crippen molar-refractivity contribution in [3.05, 3.63) is 41.5 Å². The minimum atomic E-state index is -0.319. The predicted molar refractivity (Wildman–Crippen MR) is 110 cm³/mol. The Hall–Kier alpha value is -2.83. The number of ether oxygens (including phenoxy) is 1. The zero-order valence-electron chi connectivity index (χ0n) is 16.9. The molecule has 154 valence electrons. The minimum Gasteiger partial charge on any atom is -0.492 e. The van der Waals surface area contributed by atoms with Gasteiger partial charge in [-0.2, -0.15) is 0 Å². The molecule has 1 aliphatic carbocycles. The van der Waals surface area contributed by atoms with Gasteiger partial charge in [0.1, 0.15) is 11.4 Å². The molecular formula is C22H28N4O3. The first kappa shape index (κ1) is 19.5. The van der Waals surface area contributed by atoms with Crippen LogP contribution in [-0.4, -0.2) is 34.0 Å². The van der Waals surface area contributed by atoms with E-state index < -0.39 is 0 Å². The molecule has 0 bridgehead atoms. The van der Waals surface area contributed by atoms with Gasteiger partial charge in [-0.3, -0.25) is 9.59 Å². The van der Waals surface area contributed by atoms with E-state index in [-0.39, 0.29) is 17.9 Å². The summed E-state index contributed by atoms with van der Waals surface area (Å²) in [5.41, 5.74) is 1.87. The molecule has 0 unspecified atom stereocenters. The van der Waals surface area contributed by atoms with Crippen molar-refractivity contribution in [3.8, 4) is 5.75 Å². The molecule has 0 atom stereocenters. The van der Waals surface area contributed by atoms with Crippen molar-refractivity contribution in [1.82, 2.24) is 14.9 Å². The highest BCUT2D eigenvalue weighted by molar-refractivity contribution is 6.04. The van der Waals surface area contributed by atoms with Crippen molar-refractivity contribution in [2.45, 2.75) is 64.5 Å². The van der Waals surface area contributed by atoms with Crippen LogP contribution in [0.4, 0.5) is 5.69 Å². The van der Waals surface area contributed by atoms with Crippen molar-refractivity contribution in [3.63, 3.8) is 0 Å². The van der Waals surface area contributed by atoms with E-state index in [1.54, 1.807) is 6.07 Å². The molecule has 0 radical (unpaired) electrons. The molecule has 1 saturated carbocycles. The monoisotopic (exact) mass is 396 g/mol. The maximum atomic E-state index is 13.0. The number of anilines is 1. The molecule has 1 aromatic heterocycles. The molecule has 29 heavy (non-hydrogen) atoms. The lowest BCUT2D eigenvalue weighted by atomic mass is 10.1. The van der Waals surface area contributed by atoms with Gasteiger partial charge in [-0.05, 0) is 51.2 Å². The second-order valence-electron chi connectivity index (χ2n) is 7.68. The molecule has 2 N–H and O–H groups in total. The Morgan fingerprint density at radius 2 is 1.93 bits per heavy atom. The summed E-state index contributed by atoms with van der Waals surface area (Å²) in [7, 11) is 0. The van der Waals surface area contributed by atoms with Crippen molar-refractivity contribution >= 4 is 17.5 Å². The lowest BCUT2D eigenvalue weighted by molar-refractivity contribution is 0.0931. The number of amides is 2. The van der Waals surface area contributed by atoms with E-state index in [9.17, 15) is 9.59 Å². The number of carbonyl (C=O) groups excluding carboxylic acids is 2. The summed E-state index contributed by atoms with van der Waals surface area (Å²) in [6.45, 7) is 3.12. The third kappa shape index (κ3) is 4.13. The number of nitrogens with zero attached hydrogens (tertiary/aromatic N) is 2. The van der Waals surface area contributed by atoms with E-state index >= 15 is 0 Å². The van der Waals surface area contributed by atoms with Crippen LogP contribution in [0.1, 0.15) is 72.3 Å². The molecule has 2 aliphatic rings. The quantitative estimate of drug-likeness (QED) is 0.782. The summed E-state index contributed by atoms with van der Waals surface area (Å²) >= 11 is 0. The number of hydrogen-bond acceptors (Lipinski definition) is 4. The Balaban J connectivity index is 1.59. The summed E-state index contributed by atoms with van der Waals surface area (Å²) in [5.74, 6) is 0.437. The number of rotatable bonds is 6. The van der Waals surface area contributed by atoms with Crippen LogP contribution in [0.25, 0.3) is 0 Å². The van der Waals surface area contributed by atoms with Crippen LogP contribution in [0.2, 0.25) is 0 Å². The van der Waals surface area contributed by atoms with Gasteiger partial charge in [0.2, 0.25) is 0 Å². The van der Waals surface area contributed by atoms with E-state index in [1.807, 2.05) is 29.7 Å². The van der Waals surface area contributed by atoms with E-state index in [2.05, 4.69) is 15.6 Å². The minimum absolute atomic E-state index is 0.156. The van der Waals surface area contributed by atoms with Crippen LogP contribution >= 0.6 is 0 Å². The van der Waals surface area contributed by atoms with Crippen LogP contribution in [0.5, 0.6) is 5.75 Å². The molecule has 2 heterocycles. The molecule has 1 aromatic carbocycles. The Morgan fingerprint density at radius 3 is 2.72 bits per heavy atom. The molecule has 2 amide bonds. The van der Waals surface area contributed by atoms with Gasteiger partial charge in [0.05, 0.1) is 18.0 Å². The number of para-hydroxylation sites is 2. The summed E-state index contributed by atoms with van der Waals surface area (Å²) in [6.07, 6.45) is 7.08. The highest BCUT2D eigenvalue weighted by Gasteiger charge is 2.29. The number of benzene rings is 1. The molecule has 0 spiro atoms. The second-order valence-corrected chi connectivity index (χ2v) is 7.68. The fraction of sp³-hybridized carbons (Fsp3) is 0.500. The van der Waals surface area contributed by atoms with Crippen LogP contribution in [0, 0.1) is 0 Å². The molecule has 1 aliphatic heterocycles. The van der Waals surface area contributed by atoms with Crippen molar-refractivity contribution in [2.75, 3.05) is 11.9 Å². The maximum absolute atomic E-state index is 13.0. The summed E-state index contributed by atoms with van der Waals surface area (Å²) in [6, 6.07) is 7.55.